The highest BCUT2D eigenvalue weighted by Crippen LogP contribution is 2.22. The summed E-state index contributed by atoms with van der Waals surface area (Å²) in [7, 11) is 1.51. The van der Waals surface area contributed by atoms with E-state index in [1.165, 1.54) is 19.5 Å². The first-order valence-electron chi connectivity index (χ1n) is 4.81. The van der Waals surface area contributed by atoms with E-state index in [0.29, 0.717) is 17.0 Å². The summed E-state index contributed by atoms with van der Waals surface area (Å²) < 4.78 is 5.00. The molecule has 2 rings (SSSR count). The Morgan fingerprint density at radius 3 is 2.94 bits per heavy atom. The molecule has 7 heteroatoms. The number of nitrogens with zero attached hydrogens (tertiary/aromatic N) is 2. The standard InChI is InChI=1S/C10H11N5O2/c1-17-8-3-2-6(4-7(8)11)9(16)14-10-12-5-13-15-10/h2-5H,11H2,1H3,(H2,12,13,14,15,16). The maximum Gasteiger partial charge on any atom is 0.258 e. The van der Waals surface area contributed by atoms with Crippen molar-refractivity contribution in [3.05, 3.63) is 30.1 Å². The van der Waals surface area contributed by atoms with Gasteiger partial charge in [-0.25, -0.2) is 5.10 Å². The Labute approximate surface area is 97.0 Å². The van der Waals surface area contributed by atoms with Crippen LogP contribution in [0.4, 0.5) is 11.6 Å². The van der Waals surface area contributed by atoms with Gasteiger partial charge in [-0.3, -0.25) is 10.1 Å². The summed E-state index contributed by atoms with van der Waals surface area (Å²) in [6.07, 6.45) is 1.30. The second-order valence-electron chi connectivity index (χ2n) is 3.24. The molecule has 0 fully saturated rings. The van der Waals surface area contributed by atoms with Crippen LogP contribution in [0.25, 0.3) is 0 Å². The molecule has 0 unspecified atom stereocenters. The Hall–Kier alpha value is -2.57. The van der Waals surface area contributed by atoms with E-state index in [9.17, 15) is 4.79 Å². The molecule has 4 N–H and O–H groups in total. The average Bonchev–Trinajstić information content (AvgIpc) is 2.81. The number of anilines is 2. The molecule has 1 aromatic heterocycles. The van der Waals surface area contributed by atoms with E-state index in [0.717, 1.165) is 0 Å². The third-order valence-electron chi connectivity index (χ3n) is 2.14. The number of hydrogen-bond donors (Lipinski definition) is 3. The molecule has 1 heterocycles. The van der Waals surface area contributed by atoms with E-state index in [2.05, 4.69) is 20.5 Å². The topological polar surface area (TPSA) is 106 Å². The van der Waals surface area contributed by atoms with Gasteiger partial charge in [0, 0.05) is 5.56 Å². The maximum absolute atomic E-state index is 11.8. The number of aromatic nitrogens is 3. The second-order valence-corrected chi connectivity index (χ2v) is 3.24. The molecule has 0 aliphatic heterocycles. The lowest BCUT2D eigenvalue weighted by Crippen LogP contribution is -2.13. The molecule has 7 nitrogen and oxygen atoms in total. The zero-order valence-electron chi connectivity index (χ0n) is 9.10. The van der Waals surface area contributed by atoms with Crippen LogP contribution < -0.4 is 15.8 Å². The van der Waals surface area contributed by atoms with Gasteiger partial charge in [0.25, 0.3) is 5.91 Å². The lowest BCUT2D eigenvalue weighted by molar-refractivity contribution is 0.102. The van der Waals surface area contributed by atoms with Crippen LogP contribution in [0.3, 0.4) is 0 Å². The molecule has 2 aromatic rings. The number of nitrogen functional groups attached to an aromatic ring is 1. The Kier molecular flexibility index (Phi) is 2.91. The van der Waals surface area contributed by atoms with E-state index < -0.39 is 0 Å². The lowest BCUT2D eigenvalue weighted by atomic mass is 10.2. The molecule has 17 heavy (non-hydrogen) atoms. The van der Waals surface area contributed by atoms with Crippen LogP contribution in [0.15, 0.2) is 24.5 Å². The minimum absolute atomic E-state index is 0.282. The molecule has 0 spiro atoms. The molecular weight excluding hydrogens is 222 g/mol. The Balaban J connectivity index is 2.17. The van der Waals surface area contributed by atoms with Gasteiger partial charge in [0.1, 0.15) is 12.1 Å². The fourth-order valence-electron chi connectivity index (χ4n) is 1.32. The molecule has 0 radical (unpaired) electrons. The van der Waals surface area contributed by atoms with Crippen molar-refractivity contribution in [2.45, 2.75) is 0 Å². The van der Waals surface area contributed by atoms with Crippen molar-refractivity contribution in [2.24, 2.45) is 0 Å². The van der Waals surface area contributed by atoms with E-state index >= 15 is 0 Å². The molecule has 1 amide bonds. The van der Waals surface area contributed by atoms with E-state index in [1.54, 1.807) is 12.1 Å². The first-order valence-corrected chi connectivity index (χ1v) is 4.81. The molecule has 0 atom stereocenters. The van der Waals surface area contributed by atoms with Crippen LogP contribution in [0.2, 0.25) is 0 Å². The number of H-pyrrole nitrogens is 1. The van der Waals surface area contributed by atoms with Crippen LogP contribution in [-0.2, 0) is 0 Å². The molecule has 0 bridgehead atoms. The number of rotatable bonds is 3. The summed E-state index contributed by atoms with van der Waals surface area (Å²) >= 11 is 0. The van der Waals surface area contributed by atoms with Crippen molar-refractivity contribution < 1.29 is 9.53 Å². The number of carbonyl (C=O) groups is 1. The third-order valence-corrected chi connectivity index (χ3v) is 2.14. The molecular formula is C10H11N5O2. The van der Waals surface area contributed by atoms with Gasteiger partial charge in [-0.1, -0.05) is 0 Å². The summed E-state index contributed by atoms with van der Waals surface area (Å²) in [5.41, 5.74) is 6.52. The van der Waals surface area contributed by atoms with Crippen molar-refractivity contribution in [1.82, 2.24) is 15.2 Å². The normalized spacial score (nSPS) is 9.94. The van der Waals surface area contributed by atoms with Crippen molar-refractivity contribution in [3.8, 4) is 5.75 Å². The maximum atomic E-state index is 11.8. The highest BCUT2D eigenvalue weighted by molar-refractivity contribution is 6.04. The zero-order valence-corrected chi connectivity index (χ0v) is 9.10. The number of methoxy groups -OCH3 is 1. The number of nitrogens with two attached hydrogens (primary N) is 1. The summed E-state index contributed by atoms with van der Waals surface area (Å²) in [4.78, 5) is 15.6. The van der Waals surface area contributed by atoms with Crippen LogP contribution in [-0.4, -0.2) is 28.2 Å². The van der Waals surface area contributed by atoms with Crippen LogP contribution in [0, 0.1) is 0 Å². The Morgan fingerprint density at radius 2 is 2.35 bits per heavy atom. The number of nitrogens with one attached hydrogen (secondary N) is 2. The van der Waals surface area contributed by atoms with Gasteiger partial charge in [-0.2, -0.15) is 10.1 Å². The monoisotopic (exact) mass is 233 g/mol. The highest BCUT2D eigenvalue weighted by atomic mass is 16.5. The fourth-order valence-corrected chi connectivity index (χ4v) is 1.32. The molecule has 1 aromatic carbocycles. The number of benzene rings is 1. The lowest BCUT2D eigenvalue weighted by Gasteiger charge is -2.06. The Bertz CT molecular complexity index is 523. The van der Waals surface area contributed by atoms with Crippen LogP contribution >= 0.6 is 0 Å². The minimum Gasteiger partial charge on any atom is -0.495 e. The molecule has 0 saturated heterocycles. The van der Waals surface area contributed by atoms with Gasteiger partial charge in [0.15, 0.2) is 0 Å². The van der Waals surface area contributed by atoms with Crippen molar-refractivity contribution in [1.29, 1.82) is 0 Å². The van der Waals surface area contributed by atoms with Crippen molar-refractivity contribution in [2.75, 3.05) is 18.2 Å². The quantitative estimate of drug-likeness (QED) is 0.675. The molecule has 0 aliphatic rings. The van der Waals surface area contributed by atoms with Crippen molar-refractivity contribution in [3.63, 3.8) is 0 Å². The summed E-state index contributed by atoms with van der Waals surface area (Å²) in [5, 5.41) is 8.68. The minimum atomic E-state index is -0.323. The fraction of sp³-hybridized carbons (Fsp3) is 0.100. The van der Waals surface area contributed by atoms with E-state index in [-0.39, 0.29) is 11.9 Å². The average molecular weight is 233 g/mol. The second kappa shape index (κ2) is 4.52. The van der Waals surface area contributed by atoms with Crippen LogP contribution in [0.5, 0.6) is 5.75 Å². The van der Waals surface area contributed by atoms with Gasteiger partial charge in [0.2, 0.25) is 5.95 Å². The van der Waals surface area contributed by atoms with Gasteiger partial charge in [-0.05, 0) is 18.2 Å². The number of ether oxygens (including phenoxy) is 1. The smallest absolute Gasteiger partial charge is 0.258 e. The first-order chi connectivity index (χ1) is 8.20. The summed E-state index contributed by atoms with van der Waals surface area (Å²) in [6, 6.07) is 4.77. The van der Waals surface area contributed by atoms with Crippen LogP contribution in [0.1, 0.15) is 10.4 Å². The van der Waals surface area contributed by atoms with Crippen molar-refractivity contribution >= 4 is 17.5 Å². The largest absolute Gasteiger partial charge is 0.495 e. The van der Waals surface area contributed by atoms with Gasteiger partial charge in [0.05, 0.1) is 12.8 Å². The number of aromatic amines is 1. The predicted molar refractivity (Wildman–Crippen MR) is 61.7 cm³/mol. The van der Waals surface area contributed by atoms with Gasteiger partial charge >= 0.3 is 0 Å². The van der Waals surface area contributed by atoms with Gasteiger partial charge < -0.3 is 10.5 Å². The molecule has 0 saturated carbocycles. The molecule has 88 valence electrons. The number of hydrogen-bond acceptors (Lipinski definition) is 5. The Morgan fingerprint density at radius 1 is 1.53 bits per heavy atom. The SMILES string of the molecule is COc1ccc(C(=O)Nc2ncn[nH]2)cc1N. The number of amides is 1. The summed E-state index contributed by atoms with van der Waals surface area (Å²) in [5.74, 6) is 0.488. The first kappa shape index (κ1) is 10.9. The predicted octanol–water partition coefficient (Wildman–Crippen LogP) is 0.648. The van der Waals surface area contributed by atoms with E-state index in [1.807, 2.05) is 0 Å². The zero-order chi connectivity index (χ0) is 12.3. The highest BCUT2D eigenvalue weighted by Gasteiger charge is 2.09. The molecule has 0 aliphatic carbocycles. The number of carbonyl (C=O) groups excluding carboxylic acids is 1. The van der Waals surface area contributed by atoms with Gasteiger partial charge in [-0.15, -0.1) is 0 Å². The summed E-state index contributed by atoms with van der Waals surface area (Å²) in [6.45, 7) is 0. The van der Waals surface area contributed by atoms with E-state index in [4.69, 9.17) is 10.5 Å². The third kappa shape index (κ3) is 2.33.